The summed E-state index contributed by atoms with van der Waals surface area (Å²) in [4.78, 5) is 0. The number of hydrogen-bond donors (Lipinski definition) is 0. The van der Waals surface area contributed by atoms with E-state index in [0.29, 0.717) is 46.2 Å². The van der Waals surface area contributed by atoms with Crippen LogP contribution in [-0.2, 0) is 0 Å². The highest BCUT2D eigenvalue weighted by atomic mass is 15.0. The molecule has 0 amide bonds. The summed E-state index contributed by atoms with van der Waals surface area (Å²) in [6.07, 6.45) is 3.02. The zero-order chi connectivity index (χ0) is 67.3. The van der Waals surface area contributed by atoms with Gasteiger partial charge in [-0.1, -0.05) is 133 Å². The molecule has 4 heterocycles. The lowest BCUT2D eigenvalue weighted by Gasteiger charge is -2.22. The second-order valence-electron chi connectivity index (χ2n) is 25.4. The van der Waals surface area contributed by atoms with Crippen molar-refractivity contribution in [3.05, 3.63) is 318 Å². The molecule has 18 rings (SSSR count). The maximum absolute atomic E-state index is 11.0. The summed E-state index contributed by atoms with van der Waals surface area (Å²) in [5, 5.41) is 71.4. The third kappa shape index (κ3) is 9.12. The number of benzene rings is 13. The van der Waals surface area contributed by atoms with Crippen LogP contribution < -0.4 is 0 Å². The number of hydrogen-bond acceptors (Lipinski definition) is 6. The number of fused-ring (bicyclic) bond motifs is 12. The van der Waals surface area contributed by atoms with Crippen LogP contribution in [0.5, 0.6) is 0 Å². The van der Waals surface area contributed by atoms with Crippen LogP contribution in [0.2, 0.25) is 0 Å². The van der Waals surface area contributed by atoms with Crippen molar-refractivity contribution >= 4 is 98.5 Å². The molecule has 0 N–H and O–H groups in total. The predicted octanol–water partition coefficient (Wildman–Crippen LogP) is 21.7. The van der Waals surface area contributed by atoms with Crippen LogP contribution in [0.15, 0.2) is 285 Å². The van der Waals surface area contributed by atoms with E-state index < -0.39 is 0 Å². The van der Waals surface area contributed by atoms with Crippen molar-refractivity contribution < 1.29 is 0 Å². The van der Waals surface area contributed by atoms with Gasteiger partial charge < -0.3 is 18.3 Å². The first-order valence-corrected chi connectivity index (χ1v) is 32.9. The molecular weight excluding hydrogens is 1220 g/mol. The first kappa shape index (κ1) is 58.1. The Morgan fingerprint density at radius 2 is 0.770 bits per heavy atom. The molecule has 0 fully saturated rings. The summed E-state index contributed by atoms with van der Waals surface area (Å²) in [6, 6.07) is 107. The zero-order valence-corrected chi connectivity index (χ0v) is 53.4. The molecule has 100 heavy (non-hydrogen) atoms. The van der Waals surface area contributed by atoms with Crippen LogP contribution in [0, 0.1) is 68.0 Å². The molecule has 0 bridgehead atoms. The average molecular weight is 1270 g/mol. The molecule has 0 saturated heterocycles. The average Bonchev–Trinajstić information content (AvgIpc) is 1.57. The first-order chi connectivity index (χ1) is 49.3. The van der Waals surface area contributed by atoms with Crippen molar-refractivity contribution in [1.82, 2.24) is 18.3 Å². The number of para-hydroxylation sites is 4. The molecule has 0 atom stereocenters. The van der Waals surface area contributed by atoms with Gasteiger partial charge in [-0.25, -0.2) is 0 Å². The van der Waals surface area contributed by atoms with Crippen molar-refractivity contribution in [3.8, 4) is 98.0 Å². The van der Waals surface area contributed by atoms with E-state index in [1.807, 2.05) is 133 Å². The van der Waals surface area contributed by atoms with Gasteiger partial charge in [0.15, 0.2) is 0 Å². The van der Waals surface area contributed by atoms with Gasteiger partial charge in [-0.05, 0) is 209 Å². The molecule has 13 aromatic carbocycles. The normalized spacial score (nSPS) is 12.3. The Balaban J connectivity index is 0.779. The quantitative estimate of drug-likeness (QED) is 0.140. The van der Waals surface area contributed by atoms with Gasteiger partial charge in [0, 0.05) is 65.6 Å². The first-order valence-electron chi connectivity index (χ1n) is 32.9. The molecule has 10 nitrogen and oxygen atoms in total. The second kappa shape index (κ2) is 23.1. The van der Waals surface area contributed by atoms with Gasteiger partial charge in [-0.2, -0.15) is 31.6 Å². The molecule has 10 heteroatoms. The van der Waals surface area contributed by atoms with Crippen LogP contribution >= 0.6 is 0 Å². The summed E-state index contributed by atoms with van der Waals surface area (Å²) in [5.74, 6) is 0. The van der Waals surface area contributed by atoms with Crippen molar-refractivity contribution in [2.75, 3.05) is 0 Å². The van der Waals surface area contributed by atoms with E-state index in [-0.39, 0.29) is 0 Å². The highest BCUT2D eigenvalue weighted by Gasteiger charge is 2.26. The number of nitrogens with zero attached hydrogens (tertiary/aromatic N) is 10. The number of allylic oxidation sites excluding steroid dienone is 4. The summed E-state index contributed by atoms with van der Waals surface area (Å²) >= 11 is 0. The molecule has 460 valence electrons. The molecule has 0 spiro atoms. The van der Waals surface area contributed by atoms with Crippen molar-refractivity contribution in [1.29, 1.82) is 31.6 Å². The van der Waals surface area contributed by atoms with E-state index in [1.165, 1.54) is 0 Å². The molecular formula is C90H50N10. The number of rotatable bonds is 9. The Labute approximate surface area is 573 Å². The SMILES string of the molecule is N#CC1=CC(n2c3ccccc3c3ccc(-c4cccc5c4c4cc(C#N)ccc4n5-c4cccc(-c5cc(C#N)cc(-c6ccc(C#N)cc6-n6c7ccccc7c7ccccc76)c5)c4)cc32)=C(c2cc(-c3cccc(-n4c5ccccc5c5cc(C#N)ccc54)c3)ccc2C#N)CC1. The minimum Gasteiger partial charge on any atom is -0.309 e. The second-order valence-corrected chi connectivity index (χ2v) is 25.4. The molecule has 1 aliphatic rings. The number of nitriles is 6. The van der Waals surface area contributed by atoms with Crippen molar-refractivity contribution in [2.24, 2.45) is 0 Å². The van der Waals surface area contributed by atoms with E-state index in [0.717, 1.165) is 166 Å². The standard InChI is InChI=1S/C90H50N10/c91-49-55-28-36-84-78(40-55)74-19-4-5-21-80(74)97(84)67-14-9-12-60(45-67)62-30-31-64(54-96)77(47-62)76-34-27-58(52-94)43-88(76)100-83-24-8-3-18-73(83)75-35-32-63(48-89(75)100)70-20-11-25-86-90(70)79-41-56(50-92)29-37-85(79)98(86)68-15-10-13-61(46-68)65-38-59(53-95)39-66(44-65)69-33-26-57(51-93)42-87(69)99-81-22-6-1-16-71(81)72-17-2-7-23-82(72)99/h1-26,28-33,35-48H,27,34H2. The van der Waals surface area contributed by atoms with Crippen LogP contribution in [0.3, 0.4) is 0 Å². The fourth-order valence-corrected chi connectivity index (χ4v) is 15.6. The van der Waals surface area contributed by atoms with Crippen molar-refractivity contribution in [2.45, 2.75) is 12.8 Å². The third-order valence-corrected chi connectivity index (χ3v) is 20.0. The van der Waals surface area contributed by atoms with Gasteiger partial charge >= 0.3 is 0 Å². The van der Waals surface area contributed by atoms with Gasteiger partial charge in [0.05, 0.1) is 120 Å². The van der Waals surface area contributed by atoms with Gasteiger partial charge in [0.25, 0.3) is 0 Å². The molecule has 1 aliphatic carbocycles. The molecule has 4 aromatic heterocycles. The maximum atomic E-state index is 11.0. The Hall–Kier alpha value is -14.5. The Kier molecular flexibility index (Phi) is 13.4. The van der Waals surface area contributed by atoms with E-state index in [1.54, 1.807) is 0 Å². The fourth-order valence-electron chi connectivity index (χ4n) is 15.6. The van der Waals surface area contributed by atoms with Crippen molar-refractivity contribution in [3.63, 3.8) is 0 Å². The minimum absolute atomic E-state index is 0.489. The molecule has 0 aliphatic heterocycles. The third-order valence-electron chi connectivity index (χ3n) is 20.0. The topological polar surface area (TPSA) is 162 Å². The highest BCUT2D eigenvalue weighted by molar-refractivity contribution is 6.19. The molecule has 0 unspecified atom stereocenters. The fraction of sp³-hybridized carbons (Fsp3) is 0.0222. The van der Waals surface area contributed by atoms with E-state index >= 15 is 0 Å². The number of aromatic nitrogens is 4. The Bertz CT molecular complexity index is 6760. The monoisotopic (exact) mass is 1270 g/mol. The van der Waals surface area contributed by atoms with Gasteiger partial charge in [0.2, 0.25) is 0 Å². The highest BCUT2D eigenvalue weighted by Crippen LogP contribution is 2.47. The maximum Gasteiger partial charge on any atom is 0.0998 e. The van der Waals surface area contributed by atoms with Gasteiger partial charge in [0.1, 0.15) is 0 Å². The lowest BCUT2D eigenvalue weighted by Crippen LogP contribution is -2.06. The van der Waals surface area contributed by atoms with Crippen LogP contribution in [0.25, 0.3) is 160 Å². The summed E-state index contributed by atoms with van der Waals surface area (Å²) < 4.78 is 8.99. The summed E-state index contributed by atoms with van der Waals surface area (Å²) in [5.41, 5.74) is 23.5. The Morgan fingerprint density at radius 3 is 1.42 bits per heavy atom. The van der Waals surface area contributed by atoms with Crippen LogP contribution in [0.1, 0.15) is 46.2 Å². The minimum atomic E-state index is 0.489. The smallest absolute Gasteiger partial charge is 0.0998 e. The largest absolute Gasteiger partial charge is 0.309 e. The van der Waals surface area contributed by atoms with Gasteiger partial charge in [-0.15, -0.1) is 0 Å². The van der Waals surface area contributed by atoms with Crippen LogP contribution in [0.4, 0.5) is 0 Å². The molecule has 17 aromatic rings. The predicted molar refractivity (Wildman–Crippen MR) is 400 cm³/mol. The van der Waals surface area contributed by atoms with Crippen LogP contribution in [-0.4, -0.2) is 18.3 Å². The lowest BCUT2D eigenvalue weighted by atomic mass is 9.87. The molecule has 0 saturated carbocycles. The Morgan fingerprint density at radius 1 is 0.260 bits per heavy atom. The zero-order valence-electron chi connectivity index (χ0n) is 53.4. The van der Waals surface area contributed by atoms with Gasteiger partial charge in [-0.3, -0.25) is 0 Å². The summed E-state index contributed by atoms with van der Waals surface area (Å²) in [7, 11) is 0. The summed E-state index contributed by atoms with van der Waals surface area (Å²) in [6.45, 7) is 0. The molecule has 0 radical (unpaired) electrons. The van der Waals surface area contributed by atoms with E-state index in [2.05, 4.69) is 200 Å². The van der Waals surface area contributed by atoms with E-state index in [4.69, 9.17) is 0 Å². The lowest BCUT2D eigenvalue weighted by molar-refractivity contribution is 0.997. The van der Waals surface area contributed by atoms with E-state index in [9.17, 15) is 31.6 Å².